The number of benzene rings is 2. The summed E-state index contributed by atoms with van der Waals surface area (Å²) in [6, 6.07) is 7.02. The van der Waals surface area contributed by atoms with Crippen molar-refractivity contribution in [3.8, 4) is 16.9 Å². The van der Waals surface area contributed by atoms with Crippen molar-refractivity contribution in [3.63, 3.8) is 0 Å². The van der Waals surface area contributed by atoms with Crippen molar-refractivity contribution in [1.29, 1.82) is 0 Å². The van der Waals surface area contributed by atoms with Crippen LogP contribution in [0.3, 0.4) is 0 Å². The molecule has 0 bridgehead atoms. The van der Waals surface area contributed by atoms with E-state index in [0.717, 1.165) is 6.07 Å². The largest absolute Gasteiger partial charge is 0.494 e. The zero-order chi connectivity index (χ0) is 18.1. The van der Waals surface area contributed by atoms with Gasteiger partial charge in [0.2, 0.25) is 0 Å². The van der Waals surface area contributed by atoms with Crippen molar-refractivity contribution in [3.05, 3.63) is 59.3 Å². The van der Waals surface area contributed by atoms with Crippen LogP contribution in [0.5, 0.6) is 5.75 Å². The monoisotopic (exact) mass is 343 g/mol. The van der Waals surface area contributed by atoms with Crippen LogP contribution >= 0.6 is 0 Å². The van der Waals surface area contributed by atoms with Gasteiger partial charge >= 0.3 is 5.97 Å². The molecule has 0 saturated heterocycles. The van der Waals surface area contributed by atoms with Gasteiger partial charge in [-0.05, 0) is 48.4 Å². The van der Waals surface area contributed by atoms with Crippen LogP contribution in [0.2, 0.25) is 0 Å². The first-order valence-electron chi connectivity index (χ1n) is 7.48. The Morgan fingerprint density at radius 1 is 1.12 bits per heavy atom. The summed E-state index contributed by atoms with van der Waals surface area (Å²) < 4.78 is 38.8. The van der Waals surface area contributed by atoms with E-state index < -0.39 is 17.6 Å². The van der Waals surface area contributed by atoms with Gasteiger partial charge in [0.05, 0.1) is 30.9 Å². The van der Waals surface area contributed by atoms with Crippen LogP contribution in [0, 0.1) is 18.6 Å². The maximum atomic E-state index is 14.7. The minimum Gasteiger partial charge on any atom is -0.494 e. The molecule has 3 rings (SSSR count). The van der Waals surface area contributed by atoms with E-state index in [0.29, 0.717) is 16.5 Å². The average molecular weight is 343 g/mol. The van der Waals surface area contributed by atoms with Crippen molar-refractivity contribution >= 4 is 16.9 Å². The molecule has 0 saturated carbocycles. The smallest absolute Gasteiger partial charge is 0.337 e. The fraction of sp³-hybridized carbons (Fsp3) is 0.158. The number of aryl methyl sites for hydroxylation is 1. The zero-order valence-electron chi connectivity index (χ0n) is 13.9. The summed E-state index contributed by atoms with van der Waals surface area (Å²) in [6.07, 6.45) is 1.47. The van der Waals surface area contributed by atoms with Gasteiger partial charge in [0.25, 0.3) is 0 Å². The number of rotatable bonds is 3. The van der Waals surface area contributed by atoms with Gasteiger partial charge in [-0.2, -0.15) is 0 Å². The van der Waals surface area contributed by atoms with Crippen molar-refractivity contribution in [2.24, 2.45) is 0 Å². The Kier molecular flexibility index (Phi) is 4.35. The Balaban J connectivity index is 2.38. The number of carbonyl (C=O) groups excluding carboxylic acids is 1. The van der Waals surface area contributed by atoms with E-state index in [1.165, 1.54) is 38.6 Å². The van der Waals surface area contributed by atoms with Crippen molar-refractivity contribution in [2.75, 3.05) is 14.2 Å². The predicted octanol–water partition coefficient (Wildman–Crippen LogP) is 4.28. The number of hydrogen-bond acceptors (Lipinski definition) is 4. The quantitative estimate of drug-likeness (QED) is 0.666. The molecule has 128 valence electrons. The molecular weight excluding hydrogens is 328 g/mol. The zero-order valence-corrected chi connectivity index (χ0v) is 13.9. The first-order chi connectivity index (χ1) is 12.0. The summed E-state index contributed by atoms with van der Waals surface area (Å²) in [5.74, 6) is -2.14. The standard InChI is InChI=1S/C19H15F2NO3/c1-10-8-11(19(23)25-3)9-13-12(6-7-22-18(10)13)16-14(20)4-5-15(24-2)17(16)21/h4-9H,1-3H3. The van der Waals surface area contributed by atoms with E-state index in [4.69, 9.17) is 9.47 Å². The van der Waals surface area contributed by atoms with Gasteiger partial charge < -0.3 is 9.47 Å². The van der Waals surface area contributed by atoms with E-state index in [2.05, 4.69) is 4.98 Å². The van der Waals surface area contributed by atoms with E-state index in [1.54, 1.807) is 13.0 Å². The van der Waals surface area contributed by atoms with Gasteiger partial charge in [-0.25, -0.2) is 13.6 Å². The average Bonchev–Trinajstić information content (AvgIpc) is 2.61. The van der Waals surface area contributed by atoms with Gasteiger partial charge in [0.1, 0.15) is 5.82 Å². The van der Waals surface area contributed by atoms with Gasteiger partial charge in [0, 0.05) is 11.6 Å². The second kappa shape index (κ2) is 6.47. The minimum atomic E-state index is -0.809. The summed E-state index contributed by atoms with van der Waals surface area (Å²) in [5.41, 5.74) is 1.58. The topological polar surface area (TPSA) is 48.4 Å². The van der Waals surface area contributed by atoms with Crippen molar-refractivity contribution in [1.82, 2.24) is 4.98 Å². The molecule has 0 spiro atoms. The van der Waals surface area contributed by atoms with Crippen LogP contribution in [0.25, 0.3) is 22.0 Å². The Hall–Kier alpha value is -3.02. The first kappa shape index (κ1) is 16.8. The van der Waals surface area contributed by atoms with Gasteiger partial charge in [-0.15, -0.1) is 0 Å². The molecule has 3 aromatic rings. The lowest BCUT2D eigenvalue weighted by Gasteiger charge is -2.13. The molecule has 25 heavy (non-hydrogen) atoms. The number of esters is 1. The third-order valence-corrected chi connectivity index (χ3v) is 4.00. The van der Waals surface area contributed by atoms with Crippen molar-refractivity contribution < 1.29 is 23.0 Å². The molecule has 0 fully saturated rings. The van der Waals surface area contributed by atoms with E-state index in [-0.39, 0.29) is 22.4 Å². The van der Waals surface area contributed by atoms with Crippen LogP contribution in [-0.2, 0) is 4.74 Å². The summed E-state index contributed by atoms with van der Waals surface area (Å²) in [5, 5.41) is 0.453. The van der Waals surface area contributed by atoms with Crippen molar-refractivity contribution in [2.45, 2.75) is 6.92 Å². The lowest BCUT2D eigenvalue weighted by atomic mass is 9.96. The molecule has 2 aromatic carbocycles. The fourth-order valence-corrected chi connectivity index (χ4v) is 2.82. The number of halogens is 2. The molecule has 1 aromatic heterocycles. The number of aromatic nitrogens is 1. The highest BCUT2D eigenvalue weighted by atomic mass is 19.1. The molecule has 0 atom stereocenters. The summed E-state index contributed by atoms with van der Waals surface area (Å²) in [7, 11) is 2.58. The Bertz CT molecular complexity index is 986. The minimum absolute atomic E-state index is 0.0674. The third kappa shape index (κ3) is 2.80. The highest BCUT2D eigenvalue weighted by molar-refractivity contribution is 6.01. The molecule has 0 aliphatic heterocycles. The maximum Gasteiger partial charge on any atom is 0.337 e. The molecule has 0 aliphatic carbocycles. The maximum absolute atomic E-state index is 14.7. The number of fused-ring (bicyclic) bond motifs is 1. The molecule has 0 N–H and O–H groups in total. The van der Waals surface area contributed by atoms with Crippen LogP contribution in [0.15, 0.2) is 36.5 Å². The van der Waals surface area contributed by atoms with Crippen LogP contribution in [0.4, 0.5) is 8.78 Å². The molecule has 0 unspecified atom stereocenters. The molecule has 0 amide bonds. The van der Waals surface area contributed by atoms with E-state index in [1.807, 2.05) is 0 Å². The van der Waals surface area contributed by atoms with Gasteiger partial charge in [0.15, 0.2) is 11.6 Å². The Morgan fingerprint density at radius 2 is 1.88 bits per heavy atom. The fourth-order valence-electron chi connectivity index (χ4n) is 2.82. The third-order valence-electron chi connectivity index (χ3n) is 4.00. The highest BCUT2D eigenvalue weighted by Crippen LogP contribution is 2.36. The highest BCUT2D eigenvalue weighted by Gasteiger charge is 2.20. The molecule has 4 nitrogen and oxygen atoms in total. The molecular formula is C19H15F2NO3. The number of pyridine rings is 1. The molecule has 0 radical (unpaired) electrons. The van der Waals surface area contributed by atoms with E-state index in [9.17, 15) is 13.6 Å². The lowest BCUT2D eigenvalue weighted by molar-refractivity contribution is 0.0601. The number of nitrogens with zero attached hydrogens (tertiary/aromatic N) is 1. The molecule has 0 aliphatic rings. The second-order valence-corrected chi connectivity index (χ2v) is 5.48. The molecule has 1 heterocycles. The van der Waals surface area contributed by atoms with Gasteiger partial charge in [-0.1, -0.05) is 0 Å². The number of ether oxygens (including phenoxy) is 2. The predicted molar refractivity (Wildman–Crippen MR) is 89.7 cm³/mol. The first-order valence-corrected chi connectivity index (χ1v) is 7.48. The number of carbonyl (C=O) groups is 1. The summed E-state index contributed by atoms with van der Waals surface area (Å²) in [4.78, 5) is 16.1. The normalized spacial score (nSPS) is 10.8. The molecule has 6 heteroatoms. The Labute approximate surface area is 143 Å². The SMILES string of the molecule is COC(=O)c1cc(C)c2nccc(-c3c(F)ccc(OC)c3F)c2c1. The van der Waals surface area contributed by atoms with Crippen LogP contribution < -0.4 is 4.74 Å². The number of hydrogen-bond donors (Lipinski definition) is 0. The van der Waals surface area contributed by atoms with Gasteiger partial charge in [-0.3, -0.25) is 4.98 Å². The van der Waals surface area contributed by atoms with E-state index >= 15 is 0 Å². The lowest BCUT2D eigenvalue weighted by Crippen LogP contribution is -2.03. The van der Waals surface area contributed by atoms with Crippen LogP contribution in [0.1, 0.15) is 15.9 Å². The second-order valence-electron chi connectivity index (χ2n) is 5.48. The summed E-state index contributed by atoms with van der Waals surface area (Å²) in [6.45, 7) is 1.77. The summed E-state index contributed by atoms with van der Waals surface area (Å²) >= 11 is 0. The Morgan fingerprint density at radius 3 is 2.56 bits per heavy atom. The number of methoxy groups -OCH3 is 2. The van der Waals surface area contributed by atoms with Crippen LogP contribution in [-0.4, -0.2) is 25.2 Å².